The first-order valence-electron chi connectivity index (χ1n) is 7.00. The molecule has 21 heavy (non-hydrogen) atoms. The van der Waals surface area contributed by atoms with Gasteiger partial charge < -0.3 is 20.5 Å². The first kappa shape index (κ1) is 17.9. The van der Waals surface area contributed by atoms with Gasteiger partial charge in [0.15, 0.2) is 5.96 Å². The topological polar surface area (TPSA) is 68.9 Å². The van der Waals surface area contributed by atoms with E-state index in [-0.39, 0.29) is 24.0 Å². The summed E-state index contributed by atoms with van der Waals surface area (Å²) in [5.74, 6) is 2.59. The van der Waals surface area contributed by atoms with Crippen LogP contribution in [0.5, 0.6) is 11.5 Å². The van der Waals surface area contributed by atoms with Crippen molar-refractivity contribution in [3.8, 4) is 11.5 Å². The number of aliphatic imine (C=N–C) groups is 1. The van der Waals surface area contributed by atoms with Gasteiger partial charge in [0.25, 0.3) is 0 Å². The summed E-state index contributed by atoms with van der Waals surface area (Å²) in [6.45, 7) is 2.20. The first-order valence-corrected chi connectivity index (χ1v) is 7.00. The average Bonchev–Trinajstić information content (AvgIpc) is 3.16. The van der Waals surface area contributed by atoms with E-state index in [1.807, 2.05) is 18.2 Å². The summed E-state index contributed by atoms with van der Waals surface area (Å²) in [7, 11) is 3.25. The Hall–Kier alpha value is -1.18. The molecular formula is C15H24IN3O2. The highest BCUT2D eigenvalue weighted by atomic mass is 127. The van der Waals surface area contributed by atoms with Crippen molar-refractivity contribution in [1.82, 2.24) is 0 Å². The van der Waals surface area contributed by atoms with Gasteiger partial charge in [-0.3, -0.25) is 0 Å². The van der Waals surface area contributed by atoms with Crippen LogP contribution < -0.4 is 20.5 Å². The molecule has 0 radical (unpaired) electrons. The second kappa shape index (κ2) is 8.31. The number of guanidine groups is 1. The van der Waals surface area contributed by atoms with E-state index >= 15 is 0 Å². The highest BCUT2D eigenvalue weighted by molar-refractivity contribution is 14.0. The van der Waals surface area contributed by atoms with Crippen LogP contribution >= 0.6 is 24.0 Å². The quantitative estimate of drug-likeness (QED) is 0.433. The maximum Gasteiger partial charge on any atom is 0.193 e. The SMILES string of the molecule is CCCC1CC1N=C(N)Nc1cc(OC)ccc1OC.I. The number of hydrogen-bond acceptors (Lipinski definition) is 3. The molecule has 2 rings (SSSR count). The smallest absolute Gasteiger partial charge is 0.193 e. The summed E-state index contributed by atoms with van der Waals surface area (Å²) >= 11 is 0. The Balaban J connectivity index is 0.00000220. The Morgan fingerprint density at radius 1 is 1.38 bits per heavy atom. The van der Waals surface area contributed by atoms with Gasteiger partial charge in [-0.2, -0.15) is 0 Å². The third kappa shape index (κ3) is 4.94. The zero-order chi connectivity index (χ0) is 14.5. The van der Waals surface area contributed by atoms with Crippen molar-refractivity contribution in [3.63, 3.8) is 0 Å². The Bertz CT molecular complexity index is 494. The molecular weight excluding hydrogens is 381 g/mol. The van der Waals surface area contributed by atoms with Crippen molar-refractivity contribution in [1.29, 1.82) is 0 Å². The van der Waals surface area contributed by atoms with Crippen LogP contribution in [-0.4, -0.2) is 26.2 Å². The fourth-order valence-electron chi connectivity index (χ4n) is 2.33. The zero-order valence-electron chi connectivity index (χ0n) is 12.8. The first-order chi connectivity index (χ1) is 9.67. The Morgan fingerprint density at radius 2 is 2.14 bits per heavy atom. The van der Waals surface area contributed by atoms with E-state index in [1.165, 1.54) is 12.8 Å². The zero-order valence-corrected chi connectivity index (χ0v) is 15.1. The van der Waals surface area contributed by atoms with Gasteiger partial charge in [0, 0.05) is 6.07 Å². The van der Waals surface area contributed by atoms with Crippen molar-refractivity contribution in [2.45, 2.75) is 32.2 Å². The molecule has 0 spiro atoms. The number of rotatable bonds is 6. The van der Waals surface area contributed by atoms with Gasteiger partial charge in [0.05, 0.1) is 25.9 Å². The maximum absolute atomic E-state index is 5.96. The molecule has 0 amide bonds. The molecule has 1 saturated carbocycles. The predicted molar refractivity (Wildman–Crippen MR) is 97.0 cm³/mol. The standard InChI is InChI=1S/C15H23N3O2.HI/c1-4-5-10-8-12(10)17-15(16)18-13-9-11(19-2)6-7-14(13)20-3;/h6-7,9-10,12H,4-5,8H2,1-3H3,(H3,16,17,18);1H. The molecule has 118 valence electrons. The lowest BCUT2D eigenvalue weighted by atomic mass is 10.2. The highest BCUT2D eigenvalue weighted by Gasteiger charge is 2.36. The van der Waals surface area contributed by atoms with E-state index in [1.54, 1.807) is 14.2 Å². The Labute approximate surface area is 143 Å². The molecule has 0 aromatic heterocycles. The number of methoxy groups -OCH3 is 2. The molecule has 0 bridgehead atoms. The van der Waals surface area contributed by atoms with Crippen molar-refractivity contribution in [2.24, 2.45) is 16.6 Å². The lowest BCUT2D eigenvalue weighted by molar-refractivity contribution is 0.405. The third-order valence-electron chi connectivity index (χ3n) is 3.52. The normalized spacial score (nSPS) is 20.4. The van der Waals surface area contributed by atoms with E-state index in [0.29, 0.717) is 23.7 Å². The number of nitrogens with two attached hydrogens (primary N) is 1. The van der Waals surface area contributed by atoms with Crippen LogP contribution in [-0.2, 0) is 0 Å². The number of nitrogens with one attached hydrogen (secondary N) is 1. The minimum atomic E-state index is 0. The van der Waals surface area contributed by atoms with E-state index in [9.17, 15) is 0 Å². The van der Waals surface area contributed by atoms with Crippen LogP contribution in [0.1, 0.15) is 26.2 Å². The fraction of sp³-hybridized carbons (Fsp3) is 0.533. The predicted octanol–water partition coefficient (Wildman–Crippen LogP) is 3.24. The molecule has 1 aliphatic rings. The number of ether oxygens (including phenoxy) is 2. The van der Waals surface area contributed by atoms with Crippen molar-refractivity contribution in [3.05, 3.63) is 18.2 Å². The van der Waals surface area contributed by atoms with Crippen LogP contribution in [0.15, 0.2) is 23.2 Å². The molecule has 1 aromatic carbocycles. The van der Waals surface area contributed by atoms with Gasteiger partial charge >= 0.3 is 0 Å². The minimum Gasteiger partial charge on any atom is -0.497 e. The molecule has 0 saturated heterocycles. The summed E-state index contributed by atoms with van der Waals surface area (Å²) in [5.41, 5.74) is 6.73. The molecule has 0 aliphatic heterocycles. The van der Waals surface area contributed by atoms with Gasteiger partial charge in [0.2, 0.25) is 0 Å². The number of anilines is 1. The molecule has 6 heteroatoms. The van der Waals surface area contributed by atoms with E-state index in [0.717, 1.165) is 17.9 Å². The van der Waals surface area contributed by atoms with Gasteiger partial charge in [0.1, 0.15) is 11.5 Å². The Kier molecular flexibility index (Phi) is 7.07. The second-order valence-corrected chi connectivity index (χ2v) is 5.06. The summed E-state index contributed by atoms with van der Waals surface area (Å²) in [6, 6.07) is 5.90. The van der Waals surface area contributed by atoms with Crippen LogP contribution in [0.25, 0.3) is 0 Å². The fourth-order valence-corrected chi connectivity index (χ4v) is 2.33. The van der Waals surface area contributed by atoms with E-state index < -0.39 is 0 Å². The largest absolute Gasteiger partial charge is 0.497 e. The number of benzene rings is 1. The van der Waals surface area contributed by atoms with E-state index in [2.05, 4.69) is 17.2 Å². The molecule has 2 atom stereocenters. The lowest BCUT2D eigenvalue weighted by Gasteiger charge is -2.12. The van der Waals surface area contributed by atoms with Crippen molar-refractivity contribution >= 4 is 35.6 Å². The Morgan fingerprint density at radius 3 is 2.76 bits per heavy atom. The number of hydrogen-bond donors (Lipinski definition) is 2. The van der Waals surface area contributed by atoms with Gasteiger partial charge in [-0.05, 0) is 30.9 Å². The van der Waals surface area contributed by atoms with Crippen molar-refractivity contribution < 1.29 is 9.47 Å². The van der Waals surface area contributed by atoms with Crippen LogP contribution in [0, 0.1) is 5.92 Å². The van der Waals surface area contributed by atoms with Gasteiger partial charge in [-0.1, -0.05) is 13.3 Å². The highest BCUT2D eigenvalue weighted by Crippen LogP contribution is 2.37. The van der Waals surface area contributed by atoms with E-state index in [4.69, 9.17) is 15.2 Å². The number of nitrogens with zero attached hydrogens (tertiary/aromatic N) is 1. The molecule has 0 heterocycles. The van der Waals surface area contributed by atoms with Crippen LogP contribution in [0.3, 0.4) is 0 Å². The number of halogens is 1. The summed E-state index contributed by atoms with van der Waals surface area (Å²) < 4.78 is 10.5. The van der Waals surface area contributed by atoms with Crippen molar-refractivity contribution in [2.75, 3.05) is 19.5 Å². The molecule has 1 fully saturated rings. The third-order valence-corrected chi connectivity index (χ3v) is 3.52. The maximum atomic E-state index is 5.96. The molecule has 1 aliphatic carbocycles. The van der Waals surface area contributed by atoms with Gasteiger partial charge in [-0.15, -0.1) is 24.0 Å². The molecule has 5 nitrogen and oxygen atoms in total. The second-order valence-electron chi connectivity index (χ2n) is 5.06. The van der Waals surface area contributed by atoms with Crippen LogP contribution in [0.2, 0.25) is 0 Å². The summed E-state index contributed by atoms with van der Waals surface area (Å²) in [6.07, 6.45) is 3.57. The molecule has 2 unspecified atom stereocenters. The summed E-state index contributed by atoms with van der Waals surface area (Å²) in [5, 5.41) is 3.09. The molecule has 1 aromatic rings. The summed E-state index contributed by atoms with van der Waals surface area (Å²) in [4.78, 5) is 4.50. The average molecular weight is 405 g/mol. The van der Waals surface area contributed by atoms with Crippen LogP contribution in [0.4, 0.5) is 5.69 Å². The monoisotopic (exact) mass is 405 g/mol. The molecule has 3 N–H and O–H groups in total. The van der Waals surface area contributed by atoms with Gasteiger partial charge in [-0.25, -0.2) is 4.99 Å². The lowest BCUT2D eigenvalue weighted by Crippen LogP contribution is -2.23. The minimum absolute atomic E-state index is 0.